The molecule has 0 saturated carbocycles. The lowest BCUT2D eigenvalue weighted by Crippen LogP contribution is -2.12. The molecule has 0 bridgehead atoms. The van der Waals surface area contributed by atoms with Gasteiger partial charge < -0.3 is 8.37 Å². The molecule has 2 aromatic heterocycles. The quantitative estimate of drug-likeness (QED) is 0.161. The van der Waals surface area contributed by atoms with Gasteiger partial charge in [-0.1, -0.05) is 56.1 Å². The van der Waals surface area contributed by atoms with Crippen LogP contribution in [0.3, 0.4) is 0 Å². The summed E-state index contributed by atoms with van der Waals surface area (Å²) in [5.41, 5.74) is 2.41. The molecule has 0 aliphatic carbocycles. The van der Waals surface area contributed by atoms with Crippen molar-refractivity contribution < 1.29 is 25.2 Å². The van der Waals surface area contributed by atoms with Gasteiger partial charge in [0.2, 0.25) is 0 Å². The molecule has 4 aromatic carbocycles. The van der Waals surface area contributed by atoms with E-state index in [9.17, 15) is 26.4 Å². The predicted molar refractivity (Wildman–Crippen MR) is 191 cm³/mol. The van der Waals surface area contributed by atoms with E-state index in [1.807, 2.05) is 12.1 Å². The molecule has 0 atom stereocenters. The fourth-order valence-corrected chi connectivity index (χ4v) is 8.52. The number of benzene rings is 4. The molecule has 6 rings (SSSR count). The summed E-state index contributed by atoms with van der Waals surface area (Å²) in [5.74, 6) is 0.209. The summed E-state index contributed by atoms with van der Waals surface area (Å²) in [5, 5.41) is 1.14. The second-order valence-corrected chi connectivity index (χ2v) is 17.7. The predicted octanol–water partition coefficient (Wildman–Crippen LogP) is 7.34. The van der Waals surface area contributed by atoms with Gasteiger partial charge in [-0.15, -0.1) is 0 Å². The lowest BCUT2D eigenvalue weighted by Gasteiger charge is -2.19. The van der Waals surface area contributed by atoms with Crippen LogP contribution in [-0.2, 0) is 39.7 Å². The lowest BCUT2D eigenvalue weighted by atomic mass is 9.87. The molecule has 0 aliphatic heterocycles. The molecule has 2 heterocycles. The third kappa shape index (κ3) is 7.64. The average Bonchev–Trinajstić information content (AvgIpc) is 3.46. The summed E-state index contributed by atoms with van der Waals surface area (Å²) in [7, 11) is -4.63. The third-order valence-electron chi connectivity index (χ3n) is 7.09. The SMILES string of the molecule is Cn1sc(=O)c2cc(S(=O)(=O)Oc3ccc(C(C)(C)C)cc3)ccc21.Cn1sc(=O)c2cc(S(=O)(=O)Oc3ccc(Cl)cc3Cl)ccc21. The van der Waals surface area contributed by atoms with Crippen LogP contribution < -0.4 is 17.9 Å². The van der Waals surface area contributed by atoms with E-state index in [2.05, 4.69) is 20.8 Å². The largest absolute Gasteiger partial charge is 0.379 e. The van der Waals surface area contributed by atoms with Crippen molar-refractivity contribution >= 4 is 88.3 Å². The van der Waals surface area contributed by atoms with Crippen LogP contribution in [0.15, 0.2) is 98.2 Å². The number of hydrogen-bond acceptors (Lipinski definition) is 10. The number of halogens is 2. The lowest BCUT2D eigenvalue weighted by molar-refractivity contribution is 0.484. The van der Waals surface area contributed by atoms with Crippen LogP contribution in [0.4, 0.5) is 0 Å². The summed E-state index contributed by atoms with van der Waals surface area (Å²) in [6.45, 7) is 6.24. The molecular formula is C32H28Cl2N2O8S4. The van der Waals surface area contributed by atoms with E-state index in [0.717, 1.165) is 28.6 Å². The maximum atomic E-state index is 12.5. The monoisotopic (exact) mass is 766 g/mol. The fraction of sp³-hybridized carbons (Fsp3) is 0.188. The minimum atomic E-state index is -4.12. The first-order valence-corrected chi connectivity index (χ1v) is 19.1. The summed E-state index contributed by atoms with van der Waals surface area (Å²) < 4.78 is 63.0. The molecular weight excluding hydrogens is 740 g/mol. The van der Waals surface area contributed by atoms with Crippen molar-refractivity contribution in [3.05, 3.63) is 114 Å². The molecule has 0 aliphatic rings. The molecule has 0 spiro atoms. The summed E-state index contributed by atoms with van der Waals surface area (Å²) in [6.07, 6.45) is 0. The molecule has 6 aromatic rings. The van der Waals surface area contributed by atoms with Crippen molar-refractivity contribution in [3.63, 3.8) is 0 Å². The minimum absolute atomic E-state index is 0.0263. The van der Waals surface area contributed by atoms with Crippen molar-refractivity contribution in [2.24, 2.45) is 14.1 Å². The Kier molecular flexibility index (Phi) is 9.90. The Morgan fingerprint density at radius 3 is 1.58 bits per heavy atom. The Labute approximate surface area is 294 Å². The zero-order valence-corrected chi connectivity index (χ0v) is 30.8. The molecule has 0 saturated heterocycles. The highest BCUT2D eigenvalue weighted by Gasteiger charge is 2.22. The Balaban J connectivity index is 0.000000188. The first-order valence-electron chi connectivity index (χ1n) is 14.0. The van der Waals surface area contributed by atoms with Crippen molar-refractivity contribution in [2.75, 3.05) is 0 Å². The number of nitrogens with zero attached hydrogens (tertiary/aromatic N) is 2. The average molecular weight is 768 g/mol. The van der Waals surface area contributed by atoms with Crippen LogP contribution in [0.2, 0.25) is 10.0 Å². The third-order valence-corrected chi connectivity index (χ3v) is 11.8. The normalized spacial score (nSPS) is 12.1. The molecule has 48 heavy (non-hydrogen) atoms. The van der Waals surface area contributed by atoms with Crippen LogP contribution in [0.1, 0.15) is 26.3 Å². The Morgan fingerprint density at radius 2 is 1.12 bits per heavy atom. The van der Waals surface area contributed by atoms with E-state index in [1.165, 1.54) is 42.5 Å². The highest BCUT2D eigenvalue weighted by Crippen LogP contribution is 2.31. The molecule has 10 nitrogen and oxygen atoms in total. The second kappa shape index (κ2) is 13.3. The number of fused-ring (bicyclic) bond motifs is 2. The van der Waals surface area contributed by atoms with Crippen LogP contribution in [0.25, 0.3) is 21.8 Å². The zero-order chi connectivity index (χ0) is 35.2. The second-order valence-electron chi connectivity index (χ2n) is 11.5. The van der Waals surface area contributed by atoms with E-state index < -0.39 is 20.2 Å². The Bertz CT molecular complexity index is 2510. The van der Waals surface area contributed by atoms with Gasteiger partial charge in [0.05, 0.1) is 26.8 Å². The highest BCUT2D eigenvalue weighted by molar-refractivity contribution is 7.87. The summed E-state index contributed by atoms with van der Waals surface area (Å²) >= 11 is 13.7. The van der Waals surface area contributed by atoms with Gasteiger partial charge in [-0.05, 0) is 101 Å². The topological polar surface area (TPSA) is 131 Å². The molecule has 0 radical (unpaired) electrons. The number of rotatable bonds is 6. The van der Waals surface area contributed by atoms with Crippen molar-refractivity contribution in [1.29, 1.82) is 0 Å². The maximum Gasteiger partial charge on any atom is 0.339 e. The Morgan fingerprint density at radius 1 is 0.646 bits per heavy atom. The standard InChI is InChI=1S/C18H19NO4S2.C14H9Cl2NO4S2/c1-18(2,3)12-5-7-13(8-6-12)23-25(21,22)14-9-10-16-15(11-14)17(20)24-19(16)4;1-17-12-4-3-9(7-10(12)14(18)22-17)23(19,20)21-13-5-2-8(15)6-11(13)16/h5-11H,1-4H3;2-7H,1H3. The van der Waals surface area contributed by atoms with E-state index in [-0.39, 0.29) is 41.2 Å². The molecule has 16 heteroatoms. The van der Waals surface area contributed by atoms with Crippen LogP contribution in [0, 0.1) is 0 Å². The molecule has 0 fully saturated rings. The number of hydrogen-bond donors (Lipinski definition) is 0. The zero-order valence-electron chi connectivity index (χ0n) is 26.1. The first-order chi connectivity index (χ1) is 22.4. The van der Waals surface area contributed by atoms with Crippen molar-refractivity contribution in [2.45, 2.75) is 36.0 Å². The fourth-order valence-electron chi connectivity index (χ4n) is 4.56. The van der Waals surface area contributed by atoms with Gasteiger partial charge in [-0.25, -0.2) is 0 Å². The van der Waals surface area contributed by atoms with Gasteiger partial charge in [0.25, 0.3) is 9.48 Å². The van der Waals surface area contributed by atoms with Crippen molar-refractivity contribution in [3.8, 4) is 11.5 Å². The maximum absolute atomic E-state index is 12.5. The molecule has 0 amide bonds. The van der Waals surface area contributed by atoms with E-state index in [0.29, 0.717) is 26.8 Å². The van der Waals surface area contributed by atoms with E-state index in [4.69, 9.17) is 31.6 Å². The van der Waals surface area contributed by atoms with Gasteiger partial charge in [-0.2, -0.15) is 16.8 Å². The summed E-state index contributed by atoms with van der Waals surface area (Å²) in [4.78, 5) is 23.6. The molecule has 0 N–H and O–H groups in total. The van der Waals surface area contributed by atoms with Crippen LogP contribution in [0.5, 0.6) is 11.5 Å². The smallest absolute Gasteiger partial charge is 0.339 e. The number of aromatic nitrogens is 2. The van der Waals surface area contributed by atoms with Gasteiger partial charge in [-0.3, -0.25) is 17.5 Å². The Hall–Kier alpha value is -3.66. The van der Waals surface area contributed by atoms with Gasteiger partial charge in [0, 0.05) is 19.1 Å². The van der Waals surface area contributed by atoms with E-state index in [1.54, 1.807) is 46.3 Å². The summed E-state index contributed by atoms with van der Waals surface area (Å²) in [6, 6.07) is 19.9. The first kappa shape index (κ1) is 35.6. The van der Waals surface area contributed by atoms with Crippen LogP contribution >= 0.6 is 46.3 Å². The van der Waals surface area contributed by atoms with Gasteiger partial charge in [0.15, 0.2) is 5.75 Å². The molecule has 0 unspecified atom stereocenters. The minimum Gasteiger partial charge on any atom is -0.379 e. The molecule has 252 valence electrons. The van der Waals surface area contributed by atoms with Gasteiger partial charge >= 0.3 is 20.2 Å². The van der Waals surface area contributed by atoms with E-state index >= 15 is 0 Å². The van der Waals surface area contributed by atoms with Crippen LogP contribution in [-0.4, -0.2) is 24.7 Å². The number of aryl methyl sites for hydroxylation is 2. The van der Waals surface area contributed by atoms with Crippen molar-refractivity contribution in [1.82, 2.24) is 7.91 Å². The van der Waals surface area contributed by atoms with Gasteiger partial charge in [0.1, 0.15) is 15.5 Å². The highest BCUT2D eigenvalue weighted by atomic mass is 35.5.